The van der Waals surface area contributed by atoms with E-state index in [2.05, 4.69) is 5.32 Å². The number of hydrogen-bond acceptors (Lipinski definition) is 2. The minimum Gasteiger partial charge on any atom is -0.394 e. The van der Waals surface area contributed by atoms with Crippen molar-refractivity contribution in [3.8, 4) is 0 Å². The molecule has 0 heterocycles. The second-order valence-electron chi connectivity index (χ2n) is 4.40. The summed E-state index contributed by atoms with van der Waals surface area (Å²) in [6.45, 7) is 1.58. The van der Waals surface area contributed by atoms with Crippen molar-refractivity contribution in [2.75, 3.05) is 11.9 Å². The Hall–Kier alpha value is -1.58. The van der Waals surface area contributed by atoms with Crippen molar-refractivity contribution in [3.63, 3.8) is 0 Å². The molecule has 2 rings (SSSR count). The number of aliphatic hydroxyl groups is 1. The molecule has 0 saturated heterocycles. The minimum absolute atomic E-state index is 0.130. The predicted molar refractivity (Wildman–Crippen MR) is 76.0 cm³/mol. The Bertz CT molecular complexity index is 574. The monoisotopic (exact) mass is 279 g/mol. The molecule has 0 aliphatic heterocycles. The lowest BCUT2D eigenvalue weighted by molar-refractivity contribution is 0.276. The van der Waals surface area contributed by atoms with E-state index in [1.807, 2.05) is 12.1 Å². The van der Waals surface area contributed by atoms with Crippen molar-refractivity contribution in [2.24, 2.45) is 0 Å². The predicted octanol–water partition coefficient (Wildman–Crippen LogP) is 3.93. The summed E-state index contributed by atoms with van der Waals surface area (Å²) in [7, 11) is 0. The summed E-state index contributed by atoms with van der Waals surface area (Å²) in [5.74, 6) is -0.274. The molecule has 2 aromatic carbocycles. The summed E-state index contributed by atoms with van der Waals surface area (Å²) in [4.78, 5) is 0. The first-order valence-corrected chi connectivity index (χ1v) is 6.37. The topological polar surface area (TPSA) is 32.3 Å². The van der Waals surface area contributed by atoms with Crippen LogP contribution in [-0.4, -0.2) is 11.7 Å². The molecule has 0 aliphatic rings. The molecule has 1 atom stereocenters. The van der Waals surface area contributed by atoms with E-state index < -0.39 is 0 Å². The van der Waals surface area contributed by atoms with Gasteiger partial charge in [-0.3, -0.25) is 0 Å². The Balaban J connectivity index is 2.22. The van der Waals surface area contributed by atoms with Crippen LogP contribution in [0.1, 0.15) is 17.2 Å². The van der Waals surface area contributed by atoms with Crippen LogP contribution < -0.4 is 5.32 Å². The fourth-order valence-corrected chi connectivity index (χ4v) is 2.03. The highest BCUT2D eigenvalue weighted by atomic mass is 35.5. The second kappa shape index (κ2) is 6.04. The first-order chi connectivity index (χ1) is 9.10. The van der Waals surface area contributed by atoms with Gasteiger partial charge >= 0.3 is 0 Å². The van der Waals surface area contributed by atoms with Gasteiger partial charge in [0, 0.05) is 10.7 Å². The molecular formula is C15H15ClFNO. The van der Waals surface area contributed by atoms with Gasteiger partial charge in [-0.25, -0.2) is 4.39 Å². The Labute approximate surface area is 116 Å². The SMILES string of the molecule is Cc1ccc(C(CO)Nc2cccc(Cl)c2)cc1F. The first kappa shape index (κ1) is 13.8. The van der Waals surface area contributed by atoms with Gasteiger partial charge in [-0.15, -0.1) is 0 Å². The lowest BCUT2D eigenvalue weighted by Crippen LogP contribution is -2.15. The third-order valence-corrected chi connectivity index (χ3v) is 3.18. The summed E-state index contributed by atoms with van der Waals surface area (Å²) in [6, 6.07) is 11.8. The smallest absolute Gasteiger partial charge is 0.126 e. The number of benzene rings is 2. The maximum Gasteiger partial charge on any atom is 0.126 e. The van der Waals surface area contributed by atoms with Crippen LogP contribution in [0.15, 0.2) is 42.5 Å². The fourth-order valence-electron chi connectivity index (χ4n) is 1.84. The lowest BCUT2D eigenvalue weighted by atomic mass is 10.0. The van der Waals surface area contributed by atoms with Crippen molar-refractivity contribution in [3.05, 3.63) is 64.4 Å². The van der Waals surface area contributed by atoms with Crippen molar-refractivity contribution >= 4 is 17.3 Å². The average molecular weight is 280 g/mol. The third-order valence-electron chi connectivity index (χ3n) is 2.95. The van der Waals surface area contributed by atoms with Crippen molar-refractivity contribution in [1.82, 2.24) is 0 Å². The number of nitrogens with one attached hydrogen (secondary N) is 1. The Morgan fingerprint density at radius 3 is 2.68 bits per heavy atom. The maximum atomic E-state index is 13.5. The van der Waals surface area contributed by atoms with E-state index in [0.29, 0.717) is 16.1 Å². The van der Waals surface area contributed by atoms with E-state index >= 15 is 0 Å². The van der Waals surface area contributed by atoms with Gasteiger partial charge in [-0.1, -0.05) is 29.8 Å². The zero-order chi connectivity index (χ0) is 13.8. The van der Waals surface area contributed by atoms with E-state index in [1.54, 1.807) is 31.2 Å². The number of aryl methyl sites for hydroxylation is 1. The summed E-state index contributed by atoms with van der Waals surface area (Å²) >= 11 is 5.90. The molecule has 0 saturated carbocycles. The van der Waals surface area contributed by atoms with E-state index in [4.69, 9.17) is 11.6 Å². The highest BCUT2D eigenvalue weighted by Crippen LogP contribution is 2.23. The molecule has 4 heteroatoms. The van der Waals surface area contributed by atoms with Crippen molar-refractivity contribution in [2.45, 2.75) is 13.0 Å². The number of aliphatic hydroxyl groups excluding tert-OH is 1. The molecule has 1 unspecified atom stereocenters. The van der Waals surface area contributed by atoms with E-state index in [9.17, 15) is 9.50 Å². The Kier molecular flexibility index (Phi) is 4.40. The molecule has 2 N–H and O–H groups in total. The molecule has 0 fully saturated rings. The Morgan fingerprint density at radius 2 is 2.05 bits per heavy atom. The minimum atomic E-state index is -0.367. The average Bonchev–Trinajstić information content (AvgIpc) is 2.39. The van der Waals surface area contributed by atoms with Crippen LogP contribution in [0.4, 0.5) is 10.1 Å². The van der Waals surface area contributed by atoms with E-state index in [1.165, 1.54) is 6.07 Å². The van der Waals surface area contributed by atoms with Gasteiger partial charge < -0.3 is 10.4 Å². The van der Waals surface area contributed by atoms with E-state index in [-0.39, 0.29) is 18.5 Å². The van der Waals surface area contributed by atoms with Crippen LogP contribution in [0.25, 0.3) is 0 Å². The lowest BCUT2D eigenvalue weighted by Gasteiger charge is -2.18. The van der Waals surface area contributed by atoms with Crippen LogP contribution in [0.5, 0.6) is 0 Å². The molecule has 0 aromatic heterocycles. The highest BCUT2D eigenvalue weighted by Gasteiger charge is 2.12. The molecular weight excluding hydrogens is 265 g/mol. The van der Waals surface area contributed by atoms with Gasteiger partial charge in [-0.2, -0.15) is 0 Å². The molecule has 2 nitrogen and oxygen atoms in total. The van der Waals surface area contributed by atoms with Gasteiger partial charge in [0.1, 0.15) is 5.82 Å². The summed E-state index contributed by atoms with van der Waals surface area (Å²) in [5, 5.41) is 13.2. The molecule has 100 valence electrons. The van der Waals surface area contributed by atoms with Gasteiger partial charge in [0.15, 0.2) is 0 Å². The first-order valence-electron chi connectivity index (χ1n) is 5.99. The van der Waals surface area contributed by atoms with Gasteiger partial charge in [0.05, 0.1) is 12.6 Å². The zero-order valence-corrected chi connectivity index (χ0v) is 11.3. The number of hydrogen-bond donors (Lipinski definition) is 2. The van der Waals surface area contributed by atoms with Gasteiger partial charge in [0.25, 0.3) is 0 Å². The largest absolute Gasteiger partial charge is 0.394 e. The standard InChI is InChI=1S/C15H15ClFNO/c1-10-5-6-11(7-14(10)17)15(9-19)18-13-4-2-3-12(16)8-13/h2-8,15,18-19H,9H2,1H3. The van der Waals surface area contributed by atoms with Crippen LogP contribution in [-0.2, 0) is 0 Å². The fraction of sp³-hybridized carbons (Fsp3) is 0.200. The molecule has 0 amide bonds. The molecule has 0 bridgehead atoms. The molecule has 0 aliphatic carbocycles. The van der Waals surface area contributed by atoms with Gasteiger partial charge in [-0.05, 0) is 42.3 Å². The van der Waals surface area contributed by atoms with Crippen LogP contribution in [0.2, 0.25) is 5.02 Å². The summed E-state index contributed by atoms with van der Waals surface area (Å²) in [5.41, 5.74) is 2.07. The van der Waals surface area contributed by atoms with Crippen molar-refractivity contribution < 1.29 is 9.50 Å². The second-order valence-corrected chi connectivity index (χ2v) is 4.83. The zero-order valence-electron chi connectivity index (χ0n) is 10.5. The van der Waals surface area contributed by atoms with Crippen molar-refractivity contribution in [1.29, 1.82) is 0 Å². The van der Waals surface area contributed by atoms with Crippen LogP contribution in [0.3, 0.4) is 0 Å². The molecule has 0 radical (unpaired) electrons. The normalized spacial score (nSPS) is 12.2. The molecule has 2 aromatic rings. The number of rotatable bonds is 4. The number of anilines is 1. The Morgan fingerprint density at radius 1 is 1.26 bits per heavy atom. The maximum absolute atomic E-state index is 13.5. The highest BCUT2D eigenvalue weighted by molar-refractivity contribution is 6.30. The van der Waals surface area contributed by atoms with Gasteiger partial charge in [0.2, 0.25) is 0 Å². The molecule has 19 heavy (non-hydrogen) atoms. The third kappa shape index (κ3) is 3.46. The van der Waals surface area contributed by atoms with Crippen LogP contribution >= 0.6 is 11.6 Å². The quantitative estimate of drug-likeness (QED) is 0.889. The number of halogens is 2. The molecule has 0 spiro atoms. The van der Waals surface area contributed by atoms with E-state index in [0.717, 1.165) is 5.69 Å². The summed E-state index contributed by atoms with van der Waals surface area (Å²) in [6.07, 6.45) is 0. The van der Waals surface area contributed by atoms with Crippen LogP contribution in [0, 0.1) is 12.7 Å². The summed E-state index contributed by atoms with van der Waals surface area (Å²) < 4.78 is 13.5.